The predicted octanol–water partition coefficient (Wildman–Crippen LogP) is 3.69. The predicted molar refractivity (Wildman–Crippen MR) is 106 cm³/mol. The molecule has 0 saturated heterocycles. The molecule has 0 amide bonds. The Morgan fingerprint density at radius 2 is 1.22 bits per heavy atom. The summed E-state index contributed by atoms with van der Waals surface area (Å²) in [4.78, 5) is 19.2. The third-order valence-electron chi connectivity index (χ3n) is 4.10. The summed E-state index contributed by atoms with van der Waals surface area (Å²) in [5.74, 6) is 0.460. The normalized spacial score (nSPS) is 10.4. The van der Waals surface area contributed by atoms with Gasteiger partial charge < -0.3 is 10.6 Å². The van der Waals surface area contributed by atoms with Gasteiger partial charge in [0.05, 0.1) is 4.92 Å². The molecule has 3 aromatic rings. The van der Waals surface area contributed by atoms with Crippen molar-refractivity contribution in [1.29, 1.82) is 0 Å². The number of aromatic nitrogens is 2. The van der Waals surface area contributed by atoms with E-state index in [4.69, 9.17) is 0 Å². The van der Waals surface area contributed by atoms with Gasteiger partial charge in [0.1, 0.15) is 6.33 Å². The summed E-state index contributed by atoms with van der Waals surface area (Å²) < 4.78 is 0. The number of benzene rings is 2. The van der Waals surface area contributed by atoms with Crippen molar-refractivity contribution in [3.8, 4) is 0 Å². The molecule has 0 aliphatic heterocycles. The summed E-state index contributed by atoms with van der Waals surface area (Å²) in [6, 6.07) is 19.9. The van der Waals surface area contributed by atoms with E-state index in [1.807, 2.05) is 60.7 Å². The Morgan fingerprint density at radius 3 is 1.63 bits per heavy atom. The fourth-order valence-corrected chi connectivity index (χ4v) is 2.75. The first-order valence-corrected chi connectivity index (χ1v) is 8.79. The van der Waals surface area contributed by atoms with Crippen molar-refractivity contribution in [2.24, 2.45) is 0 Å². The van der Waals surface area contributed by atoms with Gasteiger partial charge in [-0.2, -0.15) is 0 Å². The van der Waals surface area contributed by atoms with Crippen LogP contribution in [-0.4, -0.2) is 28.0 Å². The quantitative estimate of drug-likeness (QED) is 0.445. The zero-order valence-corrected chi connectivity index (χ0v) is 14.8. The SMILES string of the molecule is O=[N+]([O-])c1c(NCCc2ccccc2)ncnc1NCCc1ccccc1. The van der Waals surface area contributed by atoms with Crippen molar-refractivity contribution < 1.29 is 4.92 Å². The van der Waals surface area contributed by atoms with E-state index < -0.39 is 4.92 Å². The molecule has 2 N–H and O–H groups in total. The van der Waals surface area contributed by atoms with E-state index in [0.717, 1.165) is 24.0 Å². The molecule has 2 aromatic carbocycles. The summed E-state index contributed by atoms with van der Waals surface area (Å²) >= 11 is 0. The summed E-state index contributed by atoms with van der Waals surface area (Å²) in [5, 5.41) is 17.7. The number of hydrogen-bond donors (Lipinski definition) is 2. The fraction of sp³-hybridized carbons (Fsp3) is 0.200. The molecule has 7 nitrogen and oxygen atoms in total. The maximum Gasteiger partial charge on any atom is 0.353 e. The lowest BCUT2D eigenvalue weighted by Crippen LogP contribution is -2.13. The molecule has 0 radical (unpaired) electrons. The summed E-state index contributed by atoms with van der Waals surface area (Å²) in [6.07, 6.45) is 2.83. The zero-order valence-electron chi connectivity index (χ0n) is 14.8. The van der Waals surface area contributed by atoms with Crippen molar-refractivity contribution >= 4 is 17.3 Å². The lowest BCUT2D eigenvalue weighted by Gasteiger charge is -2.10. The van der Waals surface area contributed by atoms with E-state index in [2.05, 4.69) is 20.6 Å². The number of nitrogens with one attached hydrogen (secondary N) is 2. The highest BCUT2D eigenvalue weighted by Crippen LogP contribution is 2.28. The Hall–Kier alpha value is -3.48. The number of hydrogen-bond acceptors (Lipinski definition) is 6. The minimum Gasteiger partial charge on any atom is -0.364 e. The molecule has 0 spiro atoms. The van der Waals surface area contributed by atoms with Crippen LogP contribution in [-0.2, 0) is 12.8 Å². The standard InChI is InChI=1S/C20H21N5O2/c26-25(27)18-19(21-13-11-16-7-3-1-4-8-16)23-15-24-20(18)22-14-12-17-9-5-2-6-10-17/h1-10,15H,11-14H2,(H2,21,22,23,24). The van der Waals surface area contributed by atoms with Crippen LogP contribution in [0.5, 0.6) is 0 Å². The Labute approximate surface area is 157 Å². The number of nitro groups is 1. The van der Waals surface area contributed by atoms with Gasteiger partial charge in [-0.05, 0) is 24.0 Å². The lowest BCUT2D eigenvalue weighted by atomic mass is 10.1. The molecule has 0 aliphatic carbocycles. The van der Waals surface area contributed by atoms with Crippen molar-refractivity contribution in [3.05, 3.63) is 88.2 Å². The highest BCUT2D eigenvalue weighted by Gasteiger charge is 2.22. The smallest absolute Gasteiger partial charge is 0.353 e. The molecule has 0 fully saturated rings. The van der Waals surface area contributed by atoms with Crippen LogP contribution in [0.3, 0.4) is 0 Å². The maximum absolute atomic E-state index is 11.6. The molecule has 3 rings (SSSR count). The van der Waals surface area contributed by atoms with Crippen LogP contribution in [0.1, 0.15) is 11.1 Å². The lowest BCUT2D eigenvalue weighted by molar-refractivity contribution is -0.383. The van der Waals surface area contributed by atoms with Gasteiger partial charge in [0.2, 0.25) is 11.6 Å². The Balaban J connectivity index is 1.64. The summed E-state index contributed by atoms with van der Waals surface area (Å²) in [5.41, 5.74) is 2.18. The Bertz CT molecular complexity index is 808. The van der Waals surface area contributed by atoms with E-state index in [1.54, 1.807) is 0 Å². The minimum absolute atomic E-state index is 0.126. The van der Waals surface area contributed by atoms with Crippen LogP contribution in [0.25, 0.3) is 0 Å². The first-order valence-electron chi connectivity index (χ1n) is 8.79. The van der Waals surface area contributed by atoms with Gasteiger partial charge in [0.15, 0.2) is 0 Å². The van der Waals surface area contributed by atoms with Crippen LogP contribution in [0.4, 0.5) is 17.3 Å². The van der Waals surface area contributed by atoms with Gasteiger partial charge in [-0.25, -0.2) is 9.97 Å². The van der Waals surface area contributed by atoms with Gasteiger partial charge >= 0.3 is 5.69 Å². The summed E-state index contributed by atoms with van der Waals surface area (Å²) in [7, 11) is 0. The van der Waals surface area contributed by atoms with Crippen molar-refractivity contribution in [1.82, 2.24) is 9.97 Å². The molecule has 0 aliphatic rings. The zero-order chi connectivity index (χ0) is 18.9. The van der Waals surface area contributed by atoms with E-state index in [9.17, 15) is 10.1 Å². The molecular formula is C20H21N5O2. The molecule has 7 heteroatoms. The average Bonchev–Trinajstić information content (AvgIpc) is 2.69. The first kappa shape index (κ1) is 18.3. The van der Waals surface area contributed by atoms with E-state index >= 15 is 0 Å². The minimum atomic E-state index is -0.449. The van der Waals surface area contributed by atoms with Crippen molar-refractivity contribution in [2.75, 3.05) is 23.7 Å². The second-order valence-electron chi connectivity index (χ2n) is 6.00. The largest absolute Gasteiger partial charge is 0.364 e. The highest BCUT2D eigenvalue weighted by atomic mass is 16.6. The highest BCUT2D eigenvalue weighted by molar-refractivity contribution is 5.69. The molecule has 27 heavy (non-hydrogen) atoms. The van der Waals surface area contributed by atoms with Crippen LogP contribution >= 0.6 is 0 Å². The van der Waals surface area contributed by atoms with Gasteiger partial charge in [-0.1, -0.05) is 60.7 Å². The Morgan fingerprint density at radius 1 is 0.778 bits per heavy atom. The Kier molecular flexibility index (Phi) is 6.30. The van der Waals surface area contributed by atoms with Gasteiger partial charge in [0.25, 0.3) is 0 Å². The van der Waals surface area contributed by atoms with Crippen LogP contribution in [0.15, 0.2) is 67.0 Å². The topological polar surface area (TPSA) is 93.0 Å². The summed E-state index contributed by atoms with van der Waals surface area (Å²) in [6.45, 7) is 1.09. The third kappa shape index (κ3) is 5.24. The van der Waals surface area contributed by atoms with E-state index in [-0.39, 0.29) is 17.3 Å². The van der Waals surface area contributed by atoms with Crippen LogP contribution in [0.2, 0.25) is 0 Å². The van der Waals surface area contributed by atoms with Crippen LogP contribution in [0, 0.1) is 10.1 Å². The van der Waals surface area contributed by atoms with Crippen molar-refractivity contribution in [3.63, 3.8) is 0 Å². The molecule has 0 bridgehead atoms. The van der Waals surface area contributed by atoms with Crippen molar-refractivity contribution in [2.45, 2.75) is 12.8 Å². The monoisotopic (exact) mass is 363 g/mol. The van der Waals surface area contributed by atoms with E-state index in [0.29, 0.717) is 13.1 Å². The molecule has 0 saturated carbocycles. The maximum atomic E-state index is 11.6. The molecule has 0 atom stereocenters. The molecule has 1 aromatic heterocycles. The van der Waals surface area contributed by atoms with Gasteiger partial charge in [0, 0.05) is 13.1 Å². The van der Waals surface area contributed by atoms with Gasteiger partial charge in [-0.15, -0.1) is 0 Å². The number of nitrogens with zero attached hydrogens (tertiary/aromatic N) is 3. The second kappa shape index (κ2) is 9.28. The van der Waals surface area contributed by atoms with Gasteiger partial charge in [-0.3, -0.25) is 10.1 Å². The number of rotatable bonds is 9. The number of anilines is 2. The fourth-order valence-electron chi connectivity index (χ4n) is 2.75. The molecule has 0 unspecified atom stereocenters. The molecule has 138 valence electrons. The van der Waals surface area contributed by atoms with E-state index in [1.165, 1.54) is 6.33 Å². The third-order valence-corrected chi connectivity index (χ3v) is 4.10. The van der Waals surface area contributed by atoms with Crippen LogP contribution < -0.4 is 10.6 Å². The second-order valence-corrected chi connectivity index (χ2v) is 6.00. The first-order chi connectivity index (χ1) is 13.2. The average molecular weight is 363 g/mol. The molecular weight excluding hydrogens is 342 g/mol. The molecule has 1 heterocycles.